The Morgan fingerprint density at radius 1 is 0.935 bits per heavy atom. The predicted octanol–water partition coefficient (Wildman–Crippen LogP) is 6.63. The van der Waals surface area contributed by atoms with Crippen LogP contribution in [-0.2, 0) is 4.79 Å². The quantitative estimate of drug-likeness (QED) is 0.304. The maximum Gasteiger partial charge on any atom is 0.266 e. The average molecular weight is 488 g/mol. The molecule has 0 bridgehead atoms. The summed E-state index contributed by atoms with van der Waals surface area (Å²) in [6.45, 7) is 0. The van der Waals surface area contributed by atoms with E-state index in [2.05, 4.69) is 38.7 Å². The first kappa shape index (κ1) is 19.8. The smallest absolute Gasteiger partial charge is 0.266 e. The molecule has 0 saturated carbocycles. The van der Waals surface area contributed by atoms with Crippen molar-refractivity contribution in [3.8, 4) is 5.69 Å². The standard InChI is InChI=1S/C25H18BrN3OS/c1-28-24(30)23(16-22-10-5-13-29(22)21-9-4-8-19(26)15-21)31-25(28)27-20-12-11-17-6-2-3-7-18(17)14-20/h2-16H,1H3/b23-16-,27-25?. The van der Waals surface area contributed by atoms with Crippen molar-refractivity contribution >= 4 is 61.3 Å². The number of rotatable bonds is 3. The van der Waals surface area contributed by atoms with E-state index in [9.17, 15) is 4.79 Å². The van der Waals surface area contributed by atoms with Gasteiger partial charge in [-0.1, -0.05) is 52.3 Å². The lowest BCUT2D eigenvalue weighted by Gasteiger charge is -2.08. The molecule has 4 aromatic rings. The van der Waals surface area contributed by atoms with Crippen LogP contribution in [0.2, 0.25) is 0 Å². The number of halogens is 1. The van der Waals surface area contributed by atoms with Crippen molar-refractivity contribution in [3.63, 3.8) is 0 Å². The van der Waals surface area contributed by atoms with Crippen LogP contribution in [0.5, 0.6) is 0 Å². The fourth-order valence-electron chi connectivity index (χ4n) is 3.52. The normalized spacial score (nSPS) is 16.7. The molecule has 1 saturated heterocycles. The number of carbonyl (C=O) groups excluding carboxylic acids is 1. The number of amidine groups is 1. The fourth-order valence-corrected chi connectivity index (χ4v) is 4.87. The van der Waals surface area contributed by atoms with Crippen LogP contribution in [0.25, 0.3) is 22.5 Å². The number of amides is 1. The summed E-state index contributed by atoms with van der Waals surface area (Å²) in [5.74, 6) is -0.0495. The van der Waals surface area contributed by atoms with Crippen LogP contribution in [0.4, 0.5) is 5.69 Å². The first-order chi connectivity index (χ1) is 15.1. The van der Waals surface area contributed by atoms with E-state index in [0.717, 1.165) is 26.9 Å². The Hall–Kier alpha value is -3.09. The molecule has 1 amide bonds. The van der Waals surface area contributed by atoms with E-state index in [0.29, 0.717) is 10.1 Å². The summed E-state index contributed by atoms with van der Waals surface area (Å²) in [5, 5.41) is 2.97. The van der Waals surface area contributed by atoms with Gasteiger partial charge in [-0.2, -0.15) is 0 Å². The third-order valence-corrected chi connectivity index (χ3v) is 6.66. The number of aliphatic imine (C=N–C) groups is 1. The molecule has 0 radical (unpaired) electrons. The number of carbonyl (C=O) groups is 1. The molecule has 3 aromatic carbocycles. The van der Waals surface area contributed by atoms with Crippen molar-refractivity contribution in [2.75, 3.05) is 7.05 Å². The molecule has 0 N–H and O–H groups in total. The molecular weight excluding hydrogens is 470 g/mol. The van der Waals surface area contributed by atoms with E-state index in [-0.39, 0.29) is 5.91 Å². The van der Waals surface area contributed by atoms with Crippen LogP contribution in [-0.4, -0.2) is 27.6 Å². The van der Waals surface area contributed by atoms with E-state index in [1.54, 1.807) is 11.9 Å². The molecule has 1 aliphatic heterocycles. The highest BCUT2D eigenvalue weighted by atomic mass is 79.9. The van der Waals surface area contributed by atoms with E-state index < -0.39 is 0 Å². The number of hydrogen-bond acceptors (Lipinski definition) is 3. The molecule has 2 heterocycles. The number of benzene rings is 3. The fraction of sp³-hybridized carbons (Fsp3) is 0.0400. The van der Waals surface area contributed by atoms with Gasteiger partial charge in [-0.15, -0.1) is 0 Å². The predicted molar refractivity (Wildman–Crippen MR) is 133 cm³/mol. The minimum atomic E-state index is -0.0495. The maximum absolute atomic E-state index is 12.9. The topological polar surface area (TPSA) is 37.6 Å². The van der Waals surface area contributed by atoms with Crippen molar-refractivity contribution < 1.29 is 4.79 Å². The Morgan fingerprint density at radius 3 is 2.61 bits per heavy atom. The molecule has 1 fully saturated rings. The summed E-state index contributed by atoms with van der Waals surface area (Å²) in [5.41, 5.74) is 2.80. The van der Waals surface area contributed by atoms with Crippen LogP contribution in [0, 0.1) is 0 Å². The lowest BCUT2D eigenvalue weighted by Crippen LogP contribution is -2.23. The summed E-state index contributed by atoms with van der Waals surface area (Å²) >= 11 is 4.92. The summed E-state index contributed by atoms with van der Waals surface area (Å²) in [4.78, 5) is 19.9. The zero-order valence-electron chi connectivity index (χ0n) is 16.7. The van der Waals surface area contributed by atoms with Gasteiger partial charge in [0.05, 0.1) is 10.6 Å². The van der Waals surface area contributed by atoms with Gasteiger partial charge >= 0.3 is 0 Å². The first-order valence-electron chi connectivity index (χ1n) is 9.77. The van der Waals surface area contributed by atoms with Crippen molar-refractivity contribution in [3.05, 3.63) is 100 Å². The Kier molecular flexibility index (Phi) is 5.26. The van der Waals surface area contributed by atoms with E-state index >= 15 is 0 Å². The third kappa shape index (κ3) is 3.96. The van der Waals surface area contributed by atoms with Crippen LogP contribution in [0.15, 0.2) is 99.4 Å². The lowest BCUT2D eigenvalue weighted by atomic mass is 10.1. The summed E-state index contributed by atoms with van der Waals surface area (Å²) in [7, 11) is 1.77. The van der Waals surface area contributed by atoms with E-state index in [4.69, 9.17) is 4.99 Å². The molecule has 4 nitrogen and oxygen atoms in total. The van der Waals surface area contributed by atoms with Crippen molar-refractivity contribution in [2.45, 2.75) is 0 Å². The van der Waals surface area contributed by atoms with E-state index in [1.807, 2.05) is 72.9 Å². The second-order valence-electron chi connectivity index (χ2n) is 7.18. The number of nitrogens with zero attached hydrogens (tertiary/aromatic N) is 3. The number of aromatic nitrogens is 1. The Balaban J connectivity index is 1.47. The first-order valence-corrected chi connectivity index (χ1v) is 11.4. The monoisotopic (exact) mass is 487 g/mol. The van der Waals surface area contributed by atoms with Gasteiger partial charge in [0, 0.05) is 29.1 Å². The molecule has 0 aliphatic carbocycles. The molecule has 0 atom stereocenters. The largest absolute Gasteiger partial charge is 0.317 e. The number of thioether (sulfide) groups is 1. The molecule has 0 spiro atoms. The minimum absolute atomic E-state index is 0.0495. The maximum atomic E-state index is 12.9. The zero-order chi connectivity index (χ0) is 21.4. The van der Waals surface area contributed by atoms with Crippen LogP contribution < -0.4 is 0 Å². The summed E-state index contributed by atoms with van der Waals surface area (Å²) in [6.07, 6.45) is 3.92. The van der Waals surface area contributed by atoms with Crippen LogP contribution in [0.3, 0.4) is 0 Å². The van der Waals surface area contributed by atoms with Crippen LogP contribution in [0.1, 0.15) is 5.69 Å². The Bertz CT molecular complexity index is 1370. The van der Waals surface area contributed by atoms with Crippen LogP contribution >= 0.6 is 27.7 Å². The van der Waals surface area contributed by atoms with Gasteiger partial charge in [0.15, 0.2) is 5.17 Å². The highest BCUT2D eigenvalue weighted by Crippen LogP contribution is 2.34. The average Bonchev–Trinajstić information content (AvgIpc) is 3.34. The molecule has 1 aliphatic rings. The molecular formula is C25H18BrN3OS. The van der Waals surface area contributed by atoms with E-state index in [1.165, 1.54) is 17.1 Å². The lowest BCUT2D eigenvalue weighted by molar-refractivity contribution is -0.121. The van der Waals surface area contributed by atoms with Gasteiger partial charge in [-0.05, 0) is 71.1 Å². The minimum Gasteiger partial charge on any atom is -0.317 e. The number of likely N-dealkylation sites (N-methyl/N-ethyl adjacent to an activating group) is 1. The number of fused-ring (bicyclic) bond motifs is 1. The molecule has 5 rings (SSSR count). The van der Waals surface area contributed by atoms with Gasteiger partial charge in [0.2, 0.25) is 0 Å². The Labute approximate surface area is 193 Å². The van der Waals surface area contributed by atoms with Gasteiger partial charge in [0.1, 0.15) is 0 Å². The molecule has 152 valence electrons. The van der Waals surface area contributed by atoms with Gasteiger partial charge in [-0.3, -0.25) is 9.69 Å². The Morgan fingerprint density at radius 2 is 1.77 bits per heavy atom. The summed E-state index contributed by atoms with van der Waals surface area (Å²) < 4.78 is 3.07. The summed E-state index contributed by atoms with van der Waals surface area (Å²) in [6, 6.07) is 26.3. The van der Waals surface area contributed by atoms with Gasteiger partial charge < -0.3 is 4.57 Å². The van der Waals surface area contributed by atoms with Gasteiger partial charge in [-0.25, -0.2) is 4.99 Å². The third-order valence-electron chi connectivity index (χ3n) is 5.11. The van der Waals surface area contributed by atoms with Crippen molar-refractivity contribution in [2.24, 2.45) is 4.99 Å². The molecule has 1 aromatic heterocycles. The highest BCUT2D eigenvalue weighted by Gasteiger charge is 2.30. The van der Waals surface area contributed by atoms with Crippen molar-refractivity contribution in [1.29, 1.82) is 0 Å². The second-order valence-corrected chi connectivity index (χ2v) is 9.11. The molecule has 31 heavy (non-hydrogen) atoms. The number of hydrogen-bond donors (Lipinski definition) is 0. The highest BCUT2D eigenvalue weighted by molar-refractivity contribution is 9.10. The second kappa shape index (κ2) is 8.21. The van der Waals surface area contributed by atoms with Gasteiger partial charge in [0.25, 0.3) is 5.91 Å². The van der Waals surface area contributed by atoms with Crippen molar-refractivity contribution in [1.82, 2.24) is 9.47 Å². The molecule has 6 heteroatoms. The zero-order valence-corrected chi connectivity index (χ0v) is 19.1. The molecule has 0 unspecified atom stereocenters. The SMILES string of the molecule is CN1C(=O)/C(=C/c2cccn2-c2cccc(Br)c2)SC1=Nc1ccc2ccccc2c1.